The molecule has 0 aromatic carbocycles. The Morgan fingerprint density at radius 3 is 2.82 bits per heavy atom. The first-order valence-corrected chi connectivity index (χ1v) is 7.27. The normalized spacial score (nSPS) is 14.8. The Balaban J connectivity index is 2.40. The van der Waals surface area contributed by atoms with Gasteiger partial charge >= 0.3 is 0 Å². The molecule has 0 spiro atoms. The molecule has 0 saturated heterocycles. The van der Waals surface area contributed by atoms with Gasteiger partial charge in [0.2, 0.25) is 5.89 Å². The van der Waals surface area contributed by atoms with Crippen LogP contribution in [0.3, 0.4) is 0 Å². The van der Waals surface area contributed by atoms with E-state index < -0.39 is 0 Å². The Hall–Kier alpha value is -0.550. The standard InChI is InChI=1S/C12H22N2O2S/c1-4-5-6-11-13-12(16-14-11)10(3)17-8-9(2)7-15/h9-10,15H,4-8H2,1-3H3. The van der Waals surface area contributed by atoms with Crippen LogP contribution in [-0.4, -0.2) is 27.6 Å². The predicted octanol–water partition coefficient (Wildman–Crippen LogP) is 2.83. The second-order valence-corrected chi connectivity index (χ2v) is 5.79. The van der Waals surface area contributed by atoms with E-state index in [0.29, 0.717) is 11.8 Å². The number of aliphatic hydroxyl groups is 1. The minimum absolute atomic E-state index is 0.201. The molecule has 0 amide bonds. The third-order valence-corrected chi connectivity index (χ3v) is 3.99. The third kappa shape index (κ3) is 5.08. The van der Waals surface area contributed by atoms with Crippen LogP contribution in [0.15, 0.2) is 4.52 Å². The molecule has 1 N–H and O–H groups in total. The lowest BCUT2D eigenvalue weighted by Gasteiger charge is -2.09. The molecule has 0 saturated carbocycles. The number of aromatic nitrogens is 2. The van der Waals surface area contributed by atoms with Crippen molar-refractivity contribution >= 4 is 11.8 Å². The van der Waals surface area contributed by atoms with Gasteiger partial charge in [0.15, 0.2) is 5.82 Å². The summed E-state index contributed by atoms with van der Waals surface area (Å²) in [5.41, 5.74) is 0. The van der Waals surface area contributed by atoms with Gasteiger partial charge < -0.3 is 9.63 Å². The number of hydrogen-bond acceptors (Lipinski definition) is 5. The lowest BCUT2D eigenvalue weighted by atomic mass is 10.2. The molecule has 0 fully saturated rings. The van der Waals surface area contributed by atoms with E-state index in [4.69, 9.17) is 9.63 Å². The smallest absolute Gasteiger partial charge is 0.239 e. The number of thioether (sulfide) groups is 1. The lowest BCUT2D eigenvalue weighted by molar-refractivity contribution is 0.250. The maximum absolute atomic E-state index is 8.95. The maximum Gasteiger partial charge on any atom is 0.239 e. The topological polar surface area (TPSA) is 59.2 Å². The largest absolute Gasteiger partial charge is 0.396 e. The van der Waals surface area contributed by atoms with Crippen LogP contribution in [0.1, 0.15) is 50.6 Å². The molecule has 17 heavy (non-hydrogen) atoms. The van der Waals surface area contributed by atoms with Crippen molar-refractivity contribution in [3.8, 4) is 0 Å². The highest BCUT2D eigenvalue weighted by atomic mass is 32.2. The van der Waals surface area contributed by atoms with Crippen LogP contribution in [0.2, 0.25) is 0 Å². The second-order valence-electron chi connectivity index (χ2n) is 4.42. The number of hydrogen-bond donors (Lipinski definition) is 1. The van der Waals surface area contributed by atoms with Crippen LogP contribution in [-0.2, 0) is 6.42 Å². The highest BCUT2D eigenvalue weighted by molar-refractivity contribution is 7.99. The highest BCUT2D eigenvalue weighted by Crippen LogP contribution is 2.28. The van der Waals surface area contributed by atoms with Crippen LogP contribution in [0.5, 0.6) is 0 Å². The summed E-state index contributed by atoms with van der Waals surface area (Å²) < 4.78 is 5.24. The summed E-state index contributed by atoms with van der Waals surface area (Å²) in [5.74, 6) is 2.73. The van der Waals surface area contributed by atoms with Gasteiger partial charge in [0, 0.05) is 13.0 Å². The number of aryl methyl sites for hydroxylation is 1. The van der Waals surface area contributed by atoms with Gasteiger partial charge in [0.1, 0.15) is 0 Å². The van der Waals surface area contributed by atoms with Gasteiger partial charge in [0.05, 0.1) is 5.25 Å². The minimum Gasteiger partial charge on any atom is -0.396 e. The van der Waals surface area contributed by atoms with E-state index in [-0.39, 0.29) is 11.9 Å². The molecule has 4 nitrogen and oxygen atoms in total. The molecular formula is C12H22N2O2S. The Labute approximate surface area is 107 Å². The van der Waals surface area contributed by atoms with Crippen molar-refractivity contribution in [1.82, 2.24) is 10.1 Å². The molecule has 1 aromatic rings. The van der Waals surface area contributed by atoms with Crippen molar-refractivity contribution in [2.24, 2.45) is 5.92 Å². The summed E-state index contributed by atoms with van der Waals surface area (Å²) in [4.78, 5) is 4.39. The SMILES string of the molecule is CCCCc1noc(C(C)SCC(C)CO)n1. The number of nitrogens with zero attached hydrogens (tertiary/aromatic N) is 2. The Morgan fingerprint density at radius 2 is 2.18 bits per heavy atom. The van der Waals surface area contributed by atoms with Crippen LogP contribution in [0, 0.1) is 5.92 Å². The molecule has 98 valence electrons. The van der Waals surface area contributed by atoms with Gasteiger partial charge in [-0.1, -0.05) is 25.4 Å². The second kappa shape index (κ2) is 7.71. The molecule has 0 radical (unpaired) electrons. The van der Waals surface area contributed by atoms with E-state index in [1.165, 1.54) is 0 Å². The molecule has 1 heterocycles. The van der Waals surface area contributed by atoms with Gasteiger partial charge in [-0.05, 0) is 25.0 Å². The number of aliphatic hydroxyl groups excluding tert-OH is 1. The van der Waals surface area contributed by atoms with Crippen molar-refractivity contribution in [1.29, 1.82) is 0 Å². The van der Waals surface area contributed by atoms with Gasteiger partial charge in [-0.2, -0.15) is 4.98 Å². The van der Waals surface area contributed by atoms with E-state index in [1.54, 1.807) is 11.8 Å². The zero-order chi connectivity index (χ0) is 12.7. The van der Waals surface area contributed by atoms with Crippen LogP contribution in [0.25, 0.3) is 0 Å². The average molecular weight is 258 g/mol. The van der Waals surface area contributed by atoms with Crippen LogP contribution < -0.4 is 0 Å². The fraction of sp³-hybridized carbons (Fsp3) is 0.833. The summed E-state index contributed by atoms with van der Waals surface area (Å²) >= 11 is 1.74. The summed E-state index contributed by atoms with van der Waals surface area (Å²) in [6.07, 6.45) is 3.13. The summed E-state index contributed by atoms with van der Waals surface area (Å²) in [6.45, 7) is 6.47. The molecular weight excluding hydrogens is 236 g/mol. The fourth-order valence-electron chi connectivity index (χ4n) is 1.30. The van der Waals surface area contributed by atoms with Crippen molar-refractivity contribution in [2.75, 3.05) is 12.4 Å². The van der Waals surface area contributed by atoms with E-state index >= 15 is 0 Å². The van der Waals surface area contributed by atoms with Crippen molar-refractivity contribution < 1.29 is 9.63 Å². The molecule has 5 heteroatoms. The first-order valence-electron chi connectivity index (χ1n) is 6.22. The average Bonchev–Trinajstić information content (AvgIpc) is 2.81. The van der Waals surface area contributed by atoms with E-state index in [2.05, 4.69) is 24.0 Å². The number of unbranched alkanes of at least 4 members (excludes halogenated alkanes) is 1. The van der Waals surface area contributed by atoms with Gasteiger partial charge in [-0.25, -0.2) is 0 Å². The summed E-state index contributed by atoms with van der Waals surface area (Å²) in [7, 11) is 0. The predicted molar refractivity (Wildman–Crippen MR) is 70.0 cm³/mol. The Bertz CT molecular complexity index is 317. The molecule has 2 unspecified atom stereocenters. The molecule has 0 aliphatic carbocycles. The zero-order valence-electron chi connectivity index (χ0n) is 10.8. The van der Waals surface area contributed by atoms with Gasteiger partial charge in [0.25, 0.3) is 0 Å². The van der Waals surface area contributed by atoms with E-state index in [9.17, 15) is 0 Å². The zero-order valence-corrected chi connectivity index (χ0v) is 11.7. The third-order valence-electron chi connectivity index (χ3n) is 2.53. The van der Waals surface area contributed by atoms with E-state index in [1.807, 2.05) is 6.92 Å². The maximum atomic E-state index is 8.95. The molecule has 1 rings (SSSR count). The van der Waals surface area contributed by atoms with Crippen molar-refractivity contribution in [3.63, 3.8) is 0 Å². The highest BCUT2D eigenvalue weighted by Gasteiger charge is 2.15. The Kier molecular flexibility index (Phi) is 6.58. The van der Waals surface area contributed by atoms with Crippen molar-refractivity contribution in [3.05, 3.63) is 11.7 Å². The van der Waals surface area contributed by atoms with Crippen molar-refractivity contribution in [2.45, 2.75) is 45.3 Å². The monoisotopic (exact) mass is 258 g/mol. The molecule has 0 aliphatic rings. The lowest BCUT2D eigenvalue weighted by Crippen LogP contribution is -2.05. The summed E-state index contributed by atoms with van der Waals surface area (Å²) in [5, 5.41) is 13.1. The van der Waals surface area contributed by atoms with Crippen LogP contribution >= 0.6 is 11.8 Å². The quantitative estimate of drug-likeness (QED) is 0.777. The Morgan fingerprint density at radius 1 is 1.41 bits per heavy atom. The first-order chi connectivity index (χ1) is 8.17. The van der Waals surface area contributed by atoms with Crippen LogP contribution in [0.4, 0.5) is 0 Å². The molecule has 0 aliphatic heterocycles. The number of rotatable bonds is 8. The fourth-order valence-corrected chi connectivity index (χ4v) is 2.26. The van der Waals surface area contributed by atoms with Gasteiger partial charge in [-0.15, -0.1) is 11.8 Å². The van der Waals surface area contributed by atoms with Gasteiger partial charge in [-0.3, -0.25) is 0 Å². The van der Waals surface area contributed by atoms with E-state index in [0.717, 1.165) is 30.8 Å². The molecule has 1 aromatic heterocycles. The minimum atomic E-state index is 0.201. The summed E-state index contributed by atoms with van der Waals surface area (Å²) in [6, 6.07) is 0. The molecule has 0 bridgehead atoms. The first kappa shape index (κ1) is 14.5. The molecule has 2 atom stereocenters.